The maximum Gasteiger partial charge on any atom is 0.343 e. The van der Waals surface area contributed by atoms with Crippen molar-refractivity contribution in [3.8, 4) is 56.4 Å². The van der Waals surface area contributed by atoms with E-state index >= 15 is 0 Å². The van der Waals surface area contributed by atoms with Crippen LogP contribution in [0.3, 0.4) is 0 Å². The number of benzene rings is 8. The first-order chi connectivity index (χ1) is 31.4. The molecule has 0 radical (unpaired) electrons. The predicted octanol–water partition coefficient (Wildman–Crippen LogP) is 15.4. The molecular weight excluding hydrogens is 793 g/mol. The largest absolute Gasteiger partial charge is 0.494 e. The zero-order chi connectivity index (χ0) is 44.1. The fourth-order valence-electron chi connectivity index (χ4n) is 7.95. The third-order valence-corrected chi connectivity index (χ3v) is 11.6. The molecule has 0 bridgehead atoms. The number of hydrogen-bond donors (Lipinski definition) is 0. The number of hydrogen-bond acceptors (Lipinski definition) is 6. The number of unbranched alkanes of at least 4 members (excludes halogenated alkanes) is 6. The SMILES string of the molecule is CCCCCCOc1ccc(-c2ccc(C(=O)Oc3ccc4cccc(-c5cccc6ccc(OC(=O)c7ccc(-c8ccc(OCCCCCC)cc8)cc7)cc56)c4c3)cc2)cc1. The highest BCUT2D eigenvalue weighted by Crippen LogP contribution is 2.37. The fraction of sp³-hybridized carbons (Fsp3) is 0.207. The van der Waals surface area contributed by atoms with E-state index in [-0.39, 0.29) is 0 Å². The Labute approximate surface area is 376 Å². The van der Waals surface area contributed by atoms with Crippen molar-refractivity contribution in [3.05, 3.63) is 181 Å². The zero-order valence-corrected chi connectivity index (χ0v) is 36.7. The summed E-state index contributed by atoms with van der Waals surface area (Å²) in [7, 11) is 0. The monoisotopic (exact) mass is 846 g/mol. The summed E-state index contributed by atoms with van der Waals surface area (Å²) < 4.78 is 23.7. The molecule has 0 aromatic heterocycles. The molecule has 322 valence electrons. The van der Waals surface area contributed by atoms with Crippen LogP contribution in [-0.4, -0.2) is 25.2 Å². The number of esters is 2. The van der Waals surface area contributed by atoms with E-state index in [1.807, 2.05) is 133 Å². The summed E-state index contributed by atoms with van der Waals surface area (Å²) in [5.41, 5.74) is 6.93. The topological polar surface area (TPSA) is 71.1 Å². The molecule has 0 fully saturated rings. The van der Waals surface area contributed by atoms with Crippen molar-refractivity contribution in [2.24, 2.45) is 0 Å². The van der Waals surface area contributed by atoms with Crippen LogP contribution >= 0.6 is 0 Å². The summed E-state index contributed by atoms with van der Waals surface area (Å²) in [5, 5.41) is 3.85. The quantitative estimate of drug-likeness (QED) is 0.0459. The van der Waals surface area contributed by atoms with Crippen molar-refractivity contribution < 1.29 is 28.5 Å². The molecule has 0 aliphatic heterocycles. The summed E-state index contributed by atoms with van der Waals surface area (Å²) in [6.45, 7) is 5.86. The Balaban J connectivity index is 0.935. The van der Waals surface area contributed by atoms with Gasteiger partial charge in [0.15, 0.2) is 0 Å². The Bertz CT molecular complexity index is 2610. The van der Waals surface area contributed by atoms with Gasteiger partial charge in [0.2, 0.25) is 0 Å². The van der Waals surface area contributed by atoms with Gasteiger partial charge in [-0.15, -0.1) is 0 Å². The summed E-state index contributed by atoms with van der Waals surface area (Å²) >= 11 is 0. The molecule has 8 aromatic carbocycles. The van der Waals surface area contributed by atoms with Gasteiger partial charge in [-0.2, -0.15) is 0 Å². The molecule has 0 saturated heterocycles. The first kappa shape index (κ1) is 43.5. The Morgan fingerprint density at radius 1 is 0.375 bits per heavy atom. The van der Waals surface area contributed by atoms with Crippen molar-refractivity contribution in [1.29, 1.82) is 0 Å². The van der Waals surface area contributed by atoms with Gasteiger partial charge >= 0.3 is 11.9 Å². The molecule has 0 N–H and O–H groups in total. The van der Waals surface area contributed by atoms with Crippen molar-refractivity contribution in [2.45, 2.75) is 65.2 Å². The van der Waals surface area contributed by atoms with E-state index in [0.717, 1.165) is 92.5 Å². The van der Waals surface area contributed by atoms with Crippen LogP contribution in [0.2, 0.25) is 0 Å². The second kappa shape index (κ2) is 21.3. The third kappa shape index (κ3) is 10.9. The van der Waals surface area contributed by atoms with E-state index in [2.05, 4.69) is 26.0 Å². The molecule has 0 unspecified atom stereocenters. The number of rotatable bonds is 19. The molecule has 0 saturated carbocycles. The average Bonchev–Trinajstić information content (AvgIpc) is 3.34. The van der Waals surface area contributed by atoms with E-state index in [4.69, 9.17) is 18.9 Å². The molecule has 0 aliphatic carbocycles. The van der Waals surface area contributed by atoms with Crippen molar-refractivity contribution in [3.63, 3.8) is 0 Å². The van der Waals surface area contributed by atoms with Crippen LogP contribution in [0.5, 0.6) is 23.0 Å². The van der Waals surface area contributed by atoms with Crippen LogP contribution in [0.4, 0.5) is 0 Å². The van der Waals surface area contributed by atoms with E-state index in [9.17, 15) is 9.59 Å². The van der Waals surface area contributed by atoms with Crippen LogP contribution in [0, 0.1) is 0 Å². The van der Waals surface area contributed by atoms with Crippen molar-refractivity contribution in [2.75, 3.05) is 13.2 Å². The molecule has 64 heavy (non-hydrogen) atoms. The summed E-state index contributed by atoms with van der Waals surface area (Å²) in [6.07, 6.45) is 9.37. The maximum atomic E-state index is 13.4. The minimum atomic E-state index is -0.436. The second-order valence-corrected chi connectivity index (χ2v) is 16.2. The van der Waals surface area contributed by atoms with Crippen LogP contribution in [0.25, 0.3) is 54.9 Å². The lowest BCUT2D eigenvalue weighted by Crippen LogP contribution is -2.08. The van der Waals surface area contributed by atoms with E-state index in [1.165, 1.54) is 38.5 Å². The lowest BCUT2D eigenvalue weighted by atomic mass is 9.94. The summed E-state index contributed by atoms with van der Waals surface area (Å²) in [4.78, 5) is 26.9. The van der Waals surface area contributed by atoms with Gasteiger partial charge in [0.25, 0.3) is 0 Å². The van der Waals surface area contributed by atoms with Gasteiger partial charge in [0.1, 0.15) is 23.0 Å². The molecule has 0 atom stereocenters. The van der Waals surface area contributed by atoms with Crippen LogP contribution < -0.4 is 18.9 Å². The standard InChI is InChI=1S/C58H54O6/c1-3-5-7-9-37-61-49-31-25-43(26-32-49)41-17-21-47(22-18-41)57(59)63-51-35-29-45-13-11-15-53(55(45)39-51)54-16-12-14-46-30-36-52(40-56(46)54)64-58(60)48-23-19-42(20-24-48)44-27-33-50(34-28-44)62-38-10-8-6-4-2/h11-36,39-40H,3-10,37-38H2,1-2H3. The highest BCUT2D eigenvalue weighted by molar-refractivity contribution is 6.06. The smallest absolute Gasteiger partial charge is 0.343 e. The molecule has 0 amide bonds. The van der Waals surface area contributed by atoms with Gasteiger partial charge in [-0.25, -0.2) is 9.59 Å². The zero-order valence-electron chi connectivity index (χ0n) is 36.7. The Morgan fingerprint density at radius 3 is 1.11 bits per heavy atom. The Kier molecular flexibility index (Phi) is 14.4. The van der Waals surface area contributed by atoms with Gasteiger partial charge < -0.3 is 18.9 Å². The Hall–Kier alpha value is -7.18. The normalized spacial score (nSPS) is 11.1. The lowest BCUT2D eigenvalue weighted by molar-refractivity contribution is 0.0725. The highest BCUT2D eigenvalue weighted by Gasteiger charge is 2.15. The average molecular weight is 847 g/mol. The molecule has 0 heterocycles. The van der Waals surface area contributed by atoms with Crippen molar-refractivity contribution in [1.82, 2.24) is 0 Å². The number of carbonyl (C=O) groups excluding carboxylic acids is 2. The molecule has 0 aliphatic rings. The first-order valence-corrected chi connectivity index (χ1v) is 22.6. The summed E-state index contributed by atoms with van der Waals surface area (Å²) in [5.74, 6) is 1.74. The van der Waals surface area contributed by atoms with Gasteiger partial charge in [-0.3, -0.25) is 0 Å². The van der Waals surface area contributed by atoms with Gasteiger partial charge in [0, 0.05) is 0 Å². The van der Waals surface area contributed by atoms with E-state index in [0.29, 0.717) is 22.6 Å². The van der Waals surface area contributed by atoms with Gasteiger partial charge in [-0.05, 0) is 141 Å². The number of carbonyl (C=O) groups is 2. The molecule has 8 rings (SSSR count). The third-order valence-electron chi connectivity index (χ3n) is 11.6. The molecular formula is C58H54O6. The van der Waals surface area contributed by atoms with E-state index in [1.54, 1.807) is 24.3 Å². The summed E-state index contributed by atoms with van der Waals surface area (Å²) in [6, 6.07) is 54.7. The Morgan fingerprint density at radius 2 is 0.734 bits per heavy atom. The van der Waals surface area contributed by atoms with Crippen LogP contribution in [0.1, 0.15) is 85.9 Å². The maximum absolute atomic E-state index is 13.4. The van der Waals surface area contributed by atoms with E-state index < -0.39 is 11.9 Å². The van der Waals surface area contributed by atoms with Gasteiger partial charge in [-0.1, -0.05) is 149 Å². The second-order valence-electron chi connectivity index (χ2n) is 16.2. The number of fused-ring (bicyclic) bond motifs is 2. The molecule has 8 aromatic rings. The fourth-order valence-corrected chi connectivity index (χ4v) is 7.95. The van der Waals surface area contributed by atoms with Crippen LogP contribution in [0.15, 0.2) is 170 Å². The molecule has 0 spiro atoms. The minimum Gasteiger partial charge on any atom is -0.494 e. The minimum absolute atomic E-state index is 0.436. The van der Waals surface area contributed by atoms with Crippen LogP contribution in [-0.2, 0) is 0 Å². The first-order valence-electron chi connectivity index (χ1n) is 22.6. The molecule has 6 heteroatoms. The lowest BCUT2D eigenvalue weighted by Gasteiger charge is -2.13. The predicted molar refractivity (Wildman–Crippen MR) is 260 cm³/mol. The number of ether oxygens (including phenoxy) is 4. The van der Waals surface area contributed by atoms with Crippen molar-refractivity contribution >= 4 is 33.5 Å². The van der Waals surface area contributed by atoms with Gasteiger partial charge in [0.05, 0.1) is 24.3 Å². The molecule has 6 nitrogen and oxygen atoms in total. The highest BCUT2D eigenvalue weighted by atomic mass is 16.5.